The van der Waals surface area contributed by atoms with Crippen molar-refractivity contribution in [2.75, 3.05) is 26.3 Å². The van der Waals surface area contributed by atoms with Gasteiger partial charge in [0.2, 0.25) is 0 Å². The van der Waals surface area contributed by atoms with E-state index in [1.807, 2.05) is 0 Å². The Bertz CT molecular complexity index is 230. The first-order chi connectivity index (χ1) is 6.86. The minimum Gasteiger partial charge on any atom is -0.475 e. The maximum absolute atomic E-state index is 10.6. The summed E-state index contributed by atoms with van der Waals surface area (Å²) in [7, 11) is 0. The summed E-state index contributed by atoms with van der Waals surface area (Å²) in [6.07, 6.45) is -3.81. The van der Waals surface area contributed by atoms with Gasteiger partial charge in [-0.25, -0.2) is 4.79 Å². The van der Waals surface area contributed by atoms with Crippen molar-refractivity contribution in [2.45, 2.75) is 12.6 Å². The van der Waals surface area contributed by atoms with E-state index >= 15 is 0 Å². The van der Waals surface area contributed by atoms with Crippen LogP contribution in [-0.2, 0) is 9.53 Å². The number of rotatable bonds is 0. The van der Waals surface area contributed by atoms with Crippen LogP contribution in [0.15, 0.2) is 0 Å². The molecule has 7 heteroatoms. The second-order valence-corrected chi connectivity index (χ2v) is 3.71. The molecule has 2 aliphatic heterocycles. The fourth-order valence-corrected chi connectivity index (χ4v) is 1.41. The van der Waals surface area contributed by atoms with Crippen LogP contribution in [-0.4, -0.2) is 43.6 Å². The van der Waals surface area contributed by atoms with Crippen molar-refractivity contribution in [3.05, 3.63) is 0 Å². The number of hydrogen-bond donors (Lipinski definition) is 2. The number of hydrogen-bond acceptors (Lipinski definition) is 3. The summed E-state index contributed by atoms with van der Waals surface area (Å²) in [6.45, 7) is 4.36. The Labute approximate surface area is 84.4 Å². The second-order valence-electron chi connectivity index (χ2n) is 3.71. The molecule has 2 N–H and O–H groups in total. The number of carboxylic acids is 1. The lowest BCUT2D eigenvalue weighted by atomic mass is 9.81. The molecule has 0 radical (unpaired) electrons. The SMILES string of the molecule is C1CC2(CNC2)CO1.O=C(O)C(F)(F)F. The second kappa shape index (κ2) is 4.36. The highest BCUT2D eigenvalue weighted by Crippen LogP contribution is 2.31. The molecular weight excluding hydrogens is 215 g/mol. The summed E-state index contributed by atoms with van der Waals surface area (Å²) in [5, 5.41) is 10.4. The number of ether oxygens (including phenoxy) is 1. The van der Waals surface area contributed by atoms with E-state index in [-0.39, 0.29) is 0 Å². The van der Waals surface area contributed by atoms with Gasteiger partial charge < -0.3 is 15.2 Å². The highest BCUT2D eigenvalue weighted by atomic mass is 19.4. The average Bonchev–Trinajstić information content (AvgIpc) is 2.49. The van der Waals surface area contributed by atoms with Crippen LogP contribution in [0.5, 0.6) is 0 Å². The van der Waals surface area contributed by atoms with Crippen LogP contribution >= 0.6 is 0 Å². The van der Waals surface area contributed by atoms with Gasteiger partial charge >= 0.3 is 12.1 Å². The molecule has 0 aromatic carbocycles. The van der Waals surface area contributed by atoms with E-state index in [2.05, 4.69) is 5.32 Å². The third-order valence-electron chi connectivity index (χ3n) is 2.43. The molecule has 15 heavy (non-hydrogen) atoms. The van der Waals surface area contributed by atoms with Gasteiger partial charge in [-0.15, -0.1) is 0 Å². The molecule has 2 aliphatic rings. The van der Waals surface area contributed by atoms with Gasteiger partial charge in [0.15, 0.2) is 0 Å². The van der Waals surface area contributed by atoms with Crippen LogP contribution in [0.4, 0.5) is 13.2 Å². The maximum Gasteiger partial charge on any atom is 0.490 e. The van der Waals surface area contributed by atoms with Crippen LogP contribution in [0.25, 0.3) is 0 Å². The van der Waals surface area contributed by atoms with Crippen molar-refractivity contribution in [2.24, 2.45) is 5.41 Å². The molecule has 2 fully saturated rings. The Hall–Kier alpha value is -0.820. The minimum absolute atomic E-state index is 0.583. The van der Waals surface area contributed by atoms with Gasteiger partial charge in [-0.1, -0.05) is 0 Å². The van der Waals surface area contributed by atoms with Crippen molar-refractivity contribution in [1.82, 2.24) is 5.32 Å². The fourth-order valence-electron chi connectivity index (χ4n) is 1.41. The first-order valence-corrected chi connectivity index (χ1v) is 4.44. The Morgan fingerprint density at radius 1 is 1.40 bits per heavy atom. The van der Waals surface area contributed by atoms with Crippen LogP contribution in [0, 0.1) is 5.41 Å². The Morgan fingerprint density at radius 2 is 1.93 bits per heavy atom. The van der Waals surface area contributed by atoms with E-state index in [1.165, 1.54) is 19.5 Å². The number of nitrogens with one attached hydrogen (secondary N) is 1. The van der Waals surface area contributed by atoms with Crippen molar-refractivity contribution in [3.8, 4) is 0 Å². The summed E-state index contributed by atoms with van der Waals surface area (Å²) >= 11 is 0. The first kappa shape index (κ1) is 12.3. The smallest absolute Gasteiger partial charge is 0.475 e. The lowest BCUT2D eigenvalue weighted by Gasteiger charge is -2.37. The predicted octanol–water partition coefficient (Wildman–Crippen LogP) is 0.630. The molecule has 88 valence electrons. The quantitative estimate of drug-likeness (QED) is 0.637. The molecule has 2 heterocycles. The lowest BCUT2D eigenvalue weighted by molar-refractivity contribution is -0.192. The Morgan fingerprint density at radius 3 is 2.07 bits per heavy atom. The number of aliphatic carboxylic acids is 1. The zero-order valence-corrected chi connectivity index (χ0v) is 7.93. The molecule has 0 aliphatic carbocycles. The molecule has 2 rings (SSSR count). The van der Waals surface area contributed by atoms with E-state index in [4.69, 9.17) is 14.6 Å². The molecule has 0 saturated carbocycles. The molecule has 0 bridgehead atoms. The number of alkyl halides is 3. The van der Waals surface area contributed by atoms with Crippen molar-refractivity contribution in [3.63, 3.8) is 0 Å². The van der Waals surface area contributed by atoms with Gasteiger partial charge in [0, 0.05) is 25.1 Å². The zero-order chi connectivity index (χ0) is 11.5. The number of carboxylic acid groups (broad SMARTS) is 1. The molecule has 0 amide bonds. The molecule has 2 saturated heterocycles. The van der Waals surface area contributed by atoms with Crippen LogP contribution in [0.1, 0.15) is 6.42 Å². The van der Waals surface area contributed by atoms with Gasteiger partial charge in [-0.2, -0.15) is 13.2 Å². The third kappa shape index (κ3) is 3.35. The Balaban J connectivity index is 0.000000153. The number of carbonyl (C=O) groups is 1. The zero-order valence-electron chi connectivity index (χ0n) is 7.93. The average molecular weight is 227 g/mol. The molecule has 0 atom stereocenters. The highest BCUT2D eigenvalue weighted by molar-refractivity contribution is 5.73. The molecule has 0 unspecified atom stereocenters. The van der Waals surface area contributed by atoms with Gasteiger partial charge in [0.1, 0.15) is 0 Å². The third-order valence-corrected chi connectivity index (χ3v) is 2.43. The largest absolute Gasteiger partial charge is 0.490 e. The van der Waals surface area contributed by atoms with E-state index in [9.17, 15) is 13.2 Å². The van der Waals surface area contributed by atoms with E-state index < -0.39 is 12.1 Å². The number of halogens is 3. The molecule has 1 spiro atoms. The summed E-state index contributed by atoms with van der Waals surface area (Å²) < 4.78 is 37.0. The van der Waals surface area contributed by atoms with E-state index in [0.29, 0.717) is 5.41 Å². The predicted molar refractivity (Wildman–Crippen MR) is 44.4 cm³/mol. The highest BCUT2D eigenvalue weighted by Gasteiger charge is 2.40. The fraction of sp³-hybridized carbons (Fsp3) is 0.875. The summed E-state index contributed by atoms with van der Waals surface area (Å²) in [6, 6.07) is 0. The monoisotopic (exact) mass is 227 g/mol. The van der Waals surface area contributed by atoms with Gasteiger partial charge in [-0.3, -0.25) is 0 Å². The molecular formula is C8H12F3NO3. The maximum atomic E-state index is 10.6. The van der Waals surface area contributed by atoms with Crippen LogP contribution in [0.3, 0.4) is 0 Å². The standard InChI is InChI=1S/C6H11NO.C2HF3O2/c1-2-8-5-6(1)3-7-4-6;3-2(4,5)1(6)7/h7H,1-5H2;(H,6,7). The van der Waals surface area contributed by atoms with Crippen molar-refractivity contribution in [1.29, 1.82) is 0 Å². The van der Waals surface area contributed by atoms with Crippen LogP contribution < -0.4 is 5.32 Å². The van der Waals surface area contributed by atoms with E-state index in [1.54, 1.807) is 0 Å². The molecule has 0 aromatic heterocycles. The molecule has 4 nitrogen and oxygen atoms in total. The summed E-state index contributed by atoms with van der Waals surface area (Å²) in [5.74, 6) is -2.76. The first-order valence-electron chi connectivity index (χ1n) is 4.44. The minimum atomic E-state index is -5.08. The van der Waals surface area contributed by atoms with Gasteiger partial charge in [0.05, 0.1) is 6.61 Å². The van der Waals surface area contributed by atoms with Gasteiger partial charge in [0.25, 0.3) is 0 Å². The lowest BCUT2D eigenvalue weighted by Crippen LogP contribution is -2.53. The normalized spacial score (nSPS) is 22.9. The Kier molecular flexibility index (Phi) is 3.56. The molecule has 0 aromatic rings. The van der Waals surface area contributed by atoms with Gasteiger partial charge in [-0.05, 0) is 6.42 Å². The van der Waals surface area contributed by atoms with E-state index in [0.717, 1.165) is 13.2 Å². The summed E-state index contributed by atoms with van der Waals surface area (Å²) in [4.78, 5) is 8.90. The van der Waals surface area contributed by atoms with Crippen LogP contribution in [0.2, 0.25) is 0 Å². The topological polar surface area (TPSA) is 58.6 Å². The van der Waals surface area contributed by atoms with Crippen molar-refractivity contribution < 1.29 is 27.8 Å². The van der Waals surface area contributed by atoms with Crippen molar-refractivity contribution >= 4 is 5.97 Å². The summed E-state index contributed by atoms with van der Waals surface area (Å²) in [5.41, 5.74) is 0.583.